The van der Waals surface area contributed by atoms with Crippen molar-refractivity contribution in [3.8, 4) is 0 Å². The summed E-state index contributed by atoms with van der Waals surface area (Å²) in [5.74, 6) is 0. The van der Waals surface area contributed by atoms with Gasteiger partial charge >= 0.3 is 0 Å². The Kier molecular flexibility index (Phi) is 3.69. The summed E-state index contributed by atoms with van der Waals surface area (Å²) in [4.78, 5) is 0. The van der Waals surface area contributed by atoms with Gasteiger partial charge in [-0.2, -0.15) is 0 Å². The molecule has 0 aliphatic heterocycles. The number of benzene rings is 2. The standard InChI is InChI=1S/C16H20O2/c1-4-18-16(2,3)15(17)14-10-9-12-7-5-6-8-13(12)11-14/h5-11,15,17H,4H2,1-3H3. The van der Waals surface area contributed by atoms with Crippen LogP contribution in [0.25, 0.3) is 10.8 Å². The number of ether oxygens (including phenoxy) is 1. The fraction of sp³-hybridized carbons (Fsp3) is 0.375. The Hall–Kier alpha value is -1.38. The molecule has 1 N–H and O–H groups in total. The molecule has 0 aliphatic carbocycles. The van der Waals surface area contributed by atoms with Gasteiger partial charge in [0.05, 0.1) is 5.60 Å². The first-order valence-corrected chi connectivity index (χ1v) is 6.35. The second kappa shape index (κ2) is 5.09. The van der Waals surface area contributed by atoms with Gasteiger partial charge in [-0.25, -0.2) is 0 Å². The summed E-state index contributed by atoms with van der Waals surface area (Å²) in [7, 11) is 0. The Labute approximate surface area is 108 Å². The molecule has 2 aromatic carbocycles. The lowest BCUT2D eigenvalue weighted by Crippen LogP contribution is -2.32. The molecule has 0 heterocycles. The minimum absolute atomic E-state index is 0.572. The Morgan fingerprint density at radius 1 is 1.11 bits per heavy atom. The van der Waals surface area contributed by atoms with Gasteiger partial charge < -0.3 is 9.84 Å². The number of hydrogen-bond donors (Lipinski definition) is 1. The van der Waals surface area contributed by atoms with Crippen LogP contribution >= 0.6 is 0 Å². The van der Waals surface area contributed by atoms with E-state index in [2.05, 4.69) is 12.1 Å². The van der Waals surface area contributed by atoms with Crippen LogP contribution in [0, 0.1) is 0 Å². The lowest BCUT2D eigenvalue weighted by Gasteiger charge is -2.30. The third-order valence-electron chi connectivity index (χ3n) is 3.26. The van der Waals surface area contributed by atoms with Crippen molar-refractivity contribution in [2.24, 2.45) is 0 Å². The van der Waals surface area contributed by atoms with Gasteiger partial charge in [0.1, 0.15) is 6.10 Å². The van der Waals surface area contributed by atoms with Gasteiger partial charge in [0, 0.05) is 6.61 Å². The average molecular weight is 244 g/mol. The third-order valence-corrected chi connectivity index (χ3v) is 3.26. The van der Waals surface area contributed by atoms with E-state index in [9.17, 15) is 5.11 Å². The van der Waals surface area contributed by atoms with Crippen LogP contribution in [0.2, 0.25) is 0 Å². The smallest absolute Gasteiger partial charge is 0.107 e. The maximum Gasteiger partial charge on any atom is 0.107 e. The average Bonchev–Trinajstić information content (AvgIpc) is 2.37. The maximum absolute atomic E-state index is 10.4. The molecule has 0 aromatic heterocycles. The van der Waals surface area contributed by atoms with Gasteiger partial charge in [-0.3, -0.25) is 0 Å². The highest BCUT2D eigenvalue weighted by Gasteiger charge is 2.29. The first-order chi connectivity index (χ1) is 8.54. The SMILES string of the molecule is CCOC(C)(C)C(O)c1ccc2ccccc2c1. The summed E-state index contributed by atoms with van der Waals surface area (Å²) in [6.45, 7) is 6.36. The number of aliphatic hydroxyl groups excluding tert-OH is 1. The largest absolute Gasteiger partial charge is 0.385 e. The molecule has 2 heteroatoms. The van der Waals surface area contributed by atoms with E-state index in [1.807, 2.05) is 51.1 Å². The van der Waals surface area contributed by atoms with Gasteiger partial charge in [-0.15, -0.1) is 0 Å². The first-order valence-electron chi connectivity index (χ1n) is 6.35. The summed E-state index contributed by atoms with van der Waals surface area (Å²) >= 11 is 0. The van der Waals surface area contributed by atoms with E-state index in [1.54, 1.807) is 0 Å². The highest BCUT2D eigenvalue weighted by atomic mass is 16.5. The summed E-state index contributed by atoms with van der Waals surface area (Å²) in [5.41, 5.74) is 0.323. The zero-order valence-electron chi connectivity index (χ0n) is 11.2. The molecular weight excluding hydrogens is 224 g/mol. The van der Waals surface area contributed by atoms with E-state index in [4.69, 9.17) is 4.74 Å². The van der Waals surface area contributed by atoms with Gasteiger partial charge in [0.25, 0.3) is 0 Å². The maximum atomic E-state index is 10.4. The molecule has 18 heavy (non-hydrogen) atoms. The van der Waals surface area contributed by atoms with Crippen LogP contribution in [0.3, 0.4) is 0 Å². The molecule has 2 nitrogen and oxygen atoms in total. The molecule has 0 aliphatic rings. The molecule has 1 unspecified atom stereocenters. The molecule has 0 radical (unpaired) electrons. The Balaban J connectivity index is 2.36. The predicted octanol–water partition coefficient (Wildman–Crippen LogP) is 3.69. The Bertz CT molecular complexity index is 531. The molecule has 0 spiro atoms. The summed E-state index contributed by atoms with van der Waals surface area (Å²) in [6.07, 6.45) is -0.623. The molecule has 0 saturated heterocycles. The Morgan fingerprint density at radius 2 is 1.78 bits per heavy atom. The highest BCUT2D eigenvalue weighted by molar-refractivity contribution is 5.83. The normalized spacial score (nSPS) is 13.8. The van der Waals surface area contributed by atoms with Crippen molar-refractivity contribution in [1.29, 1.82) is 0 Å². The molecule has 0 fully saturated rings. The summed E-state index contributed by atoms with van der Waals surface area (Å²) < 4.78 is 5.61. The van der Waals surface area contributed by atoms with Crippen molar-refractivity contribution in [2.75, 3.05) is 6.61 Å². The lowest BCUT2D eigenvalue weighted by molar-refractivity contribution is -0.0982. The van der Waals surface area contributed by atoms with Crippen molar-refractivity contribution >= 4 is 10.8 Å². The van der Waals surface area contributed by atoms with Crippen LogP contribution in [0.4, 0.5) is 0 Å². The van der Waals surface area contributed by atoms with Crippen molar-refractivity contribution in [2.45, 2.75) is 32.5 Å². The van der Waals surface area contributed by atoms with E-state index in [-0.39, 0.29) is 0 Å². The van der Waals surface area contributed by atoms with Crippen molar-refractivity contribution in [3.63, 3.8) is 0 Å². The van der Waals surface area contributed by atoms with Crippen LogP contribution in [0.1, 0.15) is 32.4 Å². The van der Waals surface area contributed by atoms with E-state index in [1.165, 1.54) is 5.39 Å². The number of fused-ring (bicyclic) bond motifs is 1. The van der Waals surface area contributed by atoms with Crippen LogP contribution in [-0.2, 0) is 4.74 Å². The second-order valence-electron chi connectivity index (χ2n) is 5.05. The molecule has 0 amide bonds. The van der Waals surface area contributed by atoms with Crippen LogP contribution in [0.5, 0.6) is 0 Å². The zero-order valence-corrected chi connectivity index (χ0v) is 11.2. The molecule has 2 rings (SSSR count). The molecule has 0 bridgehead atoms. The number of hydrogen-bond acceptors (Lipinski definition) is 2. The minimum Gasteiger partial charge on any atom is -0.385 e. The lowest BCUT2D eigenvalue weighted by atomic mass is 9.93. The Morgan fingerprint density at radius 3 is 2.44 bits per heavy atom. The zero-order chi connectivity index (χ0) is 13.2. The van der Waals surface area contributed by atoms with Crippen LogP contribution in [-0.4, -0.2) is 17.3 Å². The molecule has 0 saturated carbocycles. The first kappa shape index (κ1) is 13.1. The number of rotatable bonds is 4. The van der Waals surface area contributed by atoms with E-state index < -0.39 is 11.7 Å². The van der Waals surface area contributed by atoms with Crippen molar-refractivity contribution in [3.05, 3.63) is 48.0 Å². The van der Waals surface area contributed by atoms with Crippen LogP contribution in [0.15, 0.2) is 42.5 Å². The van der Waals surface area contributed by atoms with Gasteiger partial charge in [-0.1, -0.05) is 36.4 Å². The van der Waals surface area contributed by atoms with E-state index in [0.717, 1.165) is 10.9 Å². The van der Waals surface area contributed by atoms with Gasteiger partial charge in [-0.05, 0) is 43.2 Å². The fourth-order valence-electron chi connectivity index (χ4n) is 2.23. The summed E-state index contributed by atoms with van der Waals surface area (Å²) in [6, 6.07) is 14.2. The van der Waals surface area contributed by atoms with Crippen molar-refractivity contribution in [1.82, 2.24) is 0 Å². The third kappa shape index (κ3) is 2.55. The molecule has 1 atom stereocenters. The predicted molar refractivity (Wildman–Crippen MR) is 74.6 cm³/mol. The van der Waals surface area contributed by atoms with Gasteiger partial charge in [0.15, 0.2) is 0 Å². The monoisotopic (exact) mass is 244 g/mol. The van der Waals surface area contributed by atoms with Gasteiger partial charge in [0.2, 0.25) is 0 Å². The molecule has 2 aromatic rings. The highest BCUT2D eigenvalue weighted by Crippen LogP contribution is 2.30. The van der Waals surface area contributed by atoms with Crippen molar-refractivity contribution < 1.29 is 9.84 Å². The molecule has 96 valence electrons. The number of aliphatic hydroxyl groups is 1. The second-order valence-corrected chi connectivity index (χ2v) is 5.05. The summed E-state index contributed by atoms with van der Waals surface area (Å²) in [5, 5.41) is 12.7. The van der Waals surface area contributed by atoms with Crippen LogP contribution < -0.4 is 0 Å². The minimum atomic E-state index is -0.623. The van der Waals surface area contributed by atoms with E-state index in [0.29, 0.717) is 6.61 Å². The fourth-order valence-corrected chi connectivity index (χ4v) is 2.23. The van der Waals surface area contributed by atoms with E-state index >= 15 is 0 Å². The molecular formula is C16H20O2. The quantitative estimate of drug-likeness (QED) is 0.888. The topological polar surface area (TPSA) is 29.5 Å².